The van der Waals surface area contributed by atoms with Crippen molar-refractivity contribution in [3.63, 3.8) is 0 Å². The maximum Gasteiger partial charge on any atom is 0.306 e. The second-order valence-electron chi connectivity index (χ2n) is 19.6. The van der Waals surface area contributed by atoms with Crippen LogP contribution in [-0.2, 0) is 28.6 Å². The van der Waals surface area contributed by atoms with Crippen LogP contribution in [0.5, 0.6) is 0 Å². The zero-order chi connectivity index (χ0) is 47.9. The number of hydrogen-bond acceptors (Lipinski definition) is 6. The van der Waals surface area contributed by atoms with E-state index in [0.29, 0.717) is 19.3 Å². The molecule has 0 aromatic heterocycles. The molecular formula is C60H110O6. The van der Waals surface area contributed by atoms with Crippen LogP contribution in [0.4, 0.5) is 0 Å². The van der Waals surface area contributed by atoms with Crippen molar-refractivity contribution in [1.82, 2.24) is 0 Å². The molecule has 0 aliphatic heterocycles. The van der Waals surface area contributed by atoms with Crippen LogP contribution >= 0.6 is 0 Å². The minimum atomic E-state index is -0.775. The number of hydrogen-bond donors (Lipinski definition) is 0. The Morgan fingerprint density at radius 2 is 0.545 bits per heavy atom. The van der Waals surface area contributed by atoms with Crippen molar-refractivity contribution >= 4 is 17.9 Å². The summed E-state index contributed by atoms with van der Waals surface area (Å²) in [5.41, 5.74) is 0. The second-order valence-corrected chi connectivity index (χ2v) is 19.6. The van der Waals surface area contributed by atoms with Crippen LogP contribution in [0.3, 0.4) is 0 Å². The van der Waals surface area contributed by atoms with Crippen molar-refractivity contribution in [1.29, 1.82) is 0 Å². The van der Waals surface area contributed by atoms with Crippen LogP contribution in [0.1, 0.15) is 310 Å². The number of esters is 3. The number of ether oxygens (including phenoxy) is 3. The summed E-state index contributed by atoms with van der Waals surface area (Å²) >= 11 is 0. The molecule has 66 heavy (non-hydrogen) atoms. The number of carbonyl (C=O) groups excluding carboxylic acids is 3. The predicted octanol–water partition coefficient (Wildman–Crippen LogP) is 19.3. The summed E-state index contributed by atoms with van der Waals surface area (Å²) in [5, 5.41) is 0. The van der Waals surface area contributed by atoms with E-state index >= 15 is 0 Å². The quantitative estimate of drug-likeness (QED) is 0.0262. The smallest absolute Gasteiger partial charge is 0.306 e. The Balaban J connectivity index is 4.31. The summed E-state index contributed by atoms with van der Waals surface area (Å²) in [5.74, 6) is -0.871. The van der Waals surface area contributed by atoms with Crippen molar-refractivity contribution < 1.29 is 28.6 Å². The van der Waals surface area contributed by atoms with Gasteiger partial charge in [-0.15, -0.1) is 0 Å². The fourth-order valence-corrected chi connectivity index (χ4v) is 8.47. The Labute approximate surface area is 410 Å². The van der Waals surface area contributed by atoms with E-state index in [0.717, 1.165) is 70.6 Å². The number of unbranched alkanes of at least 4 members (excludes halogenated alkanes) is 36. The van der Waals surface area contributed by atoms with Gasteiger partial charge in [0.1, 0.15) is 13.2 Å². The topological polar surface area (TPSA) is 78.9 Å². The first-order valence-corrected chi connectivity index (χ1v) is 29.0. The van der Waals surface area contributed by atoms with Crippen molar-refractivity contribution in [3.05, 3.63) is 36.5 Å². The Morgan fingerprint density at radius 1 is 0.303 bits per heavy atom. The van der Waals surface area contributed by atoms with E-state index in [9.17, 15) is 14.4 Å². The van der Waals surface area contributed by atoms with Gasteiger partial charge in [-0.1, -0.05) is 250 Å². The lowest BCUT2D eigenvalue weighted by Gasteiger charge is -2.18. The maximum absolute atomic E-state index is 12.8. The summed E-state index contributed by atoms with van der Waals surface area (Å²) in [6, 6.07) is 0. The molecule has 0 bridgehead atoms. The average molecular weight is 928 g/mol. The Hall–Kier alpha value is -2.37. The normalized spacial score (nSPS) is 12.2. The molecule has 0 aliphatic carbocycles. The van der Waals surface area contributed by atoms with E-state index in [2.05, 4.69) is 57.2 Å². The summed E-state index contributed by atoms with van der Waals surface area (Å²) in [4.78, 5) is 38.1. The molecule has 0 fully saturated rings. The van der Waals surface area contributed by atoms with Crippen LogP contribution in [0.25, 0.3) is 0 Å². The lowest BCUT2D eigenvalue weighted by Crippen LogP contribution is -2.30. The molecular weight excluding hydrogens is 817 g/mol. The van der Waals surface area contributed by atoms with E-state index in [1.165, 1.54) is 199 Å². The number of rotatable bonds is 53. The lowest BCUT2D eigenvalue weighted by atomic mass is 10.0. The molecule has 0 rings (SSSR count). The van der Waals surface area contributed by atoms with Crippen LogP contribution in [0.15, 0.2) is 36.5 Å². The highest BCUT2D eigenvalue weighted by Gasteiger charge is 2.19. The van der Waals surface area contributed by atoms with E-state index < -0.39 is 6.10 Å². The SMILES string of the molecule is CCCCCCC/C=C\C/C=C\CCCCCCCCCCCC(=O)OCC(COC(=O)CCCCCCCCCCCCCC)OC(=O)CCCCCCC/C=C\CCCCCCCC. The average Bonchev–Trinajstić information content (AvgIpc) is 3.31. The van der Waals surface area contributed by atoms with Crippen molar-refractivity contribution in [2.24, 2.45) is 0 Å². The summed E-state index contributed by atoms with van der Waals surface area (Å²) < 4.78 is 16.9. The fraction of sp³-hybridized carbons (Fsp3) is 0.850. The molecule has 0 N–H and O–H groups in total. The van der Waals surface area contributed by atoms with Gasteiger partial charge in [-0.2, -0.15) is 0 Å². The zero-order valence-corrected chi connectivity index (χ0v) is 44.2. The minimum Gasteiger partial charge on any atom is -0.462 e. The summed E-state index contributed by atoms with van der Waals surface area (Å²) in [6.45, 7) is 6.65. The monoisotopic (exact) mass is 927 g/mol. The summed E-state index contributed by atoms with van der Waals surface area (Å²) in [7, 11) is 0. The molecule has 0 saturated carbocycles. The van der Waals surface area contributed by atoms with Crippen LogP contribution in [0, 0.1) is 0 Å². The molecule has 0 aliphatic rings. The highest BCUT2D eigenvalue weighted by Crippen LogP contribution is 2.16. The number of carbonyl (C=O) groups is 3. The van der Waals surface area contributed by atoms with Gasteiger partial charge in [-0.25, -0.2) is 0 Å². The van der Waals surface area contributed by atoms with E-state index in [-0.39, 0.29) is 31.1 Å². The Bertz CT molecular complexity index is 1110. The molecule has 0 amide bonds. The standard InChI is InChI=1S/C60H110O6/c1-4-7-10-13-16-19-22-25-27-28-29-30-31-32-34-35-38-41-44-47-50-53-59(62)65-56-57(55-64-58(61)52-49-46-43-40-37-24-21-18-15-12-9-6-3)66-60(63)54-51-48-45-42-39-36-33-26-23-20-17-14-11-8-5-2/h22,25-26,28-29,33,57H,4-21,23-24,27,30-32,34-56H2,1-3H3/b25-22-,29-28-,33-26-. The van der Waals surface area contributed by atoms with Gasteiger partial charge in [-0.3, -0.25) is 14.4 Å². The van der Waals surface area contributed by atoms with E-state index in [4.69, 9.17) is 14.2 Å². The minimum absolute atomic E-state index is 0.0733. The molecule has 0 heterocycles. The highest BCUT2D eigenvalue weighted by molar-refractivity contribution is 5.71. The van der Waals surface area contributed by atoms with E-state index in [1.807, 2.05) is 0 Å². The van der Waals surface area contributed by atoms with Crippen molar-refractivity contribution in [3.8, 4) is 0 Å². The highest BCUT2D eigenvalue weighted by atomic mass is 16.6. The lowest BCUT2D eigenvalue weighted by molar-refractivity contribution is -0.167. The van der Waals surface area contributed by atoms with Crippen molar-refractivity contribution in [2.45, 2.75) is 316 Å². The first-order valence-electron chi connectivity index (χ1n) is 29.0. The maximum atomic E-state index is 12.8. The van der Waals surface area contributed by atoms with E-state index in [1.54, 1.807) is 0 Å². The molecule has 0 spiro atoms. The van der Waals surface area contributed by atoms with Gasteiger partial charge >= 0.3 is 17.9 Å². The molecule has 0 aromatic rings. The van der Waals surface area contributed by atoms with Gasteiger partial charge in [0.2, 0.25) is 0 Å². The third-order valence-corrected chi connectivity index (χ3v) is 12.9. The molecule has 0 aromatic carbocycles. The van der Waals surface area contributed by atoms with Gasteiger partial charge < -0.3 is 14.2 Å². The number of allylic oxidation sites excluding steroid dienone is 6. The molecule has 6 heteroatoms. The zero-order valence-electron chi connectivity index (χ0n) is 44.2. The predicted molar refractivity (Wildman–Crippen MR) is 284 cm³/mol. The van der Waals surface area contributed by atoms with Gasteiger partial charge in [0.05, 0.1) is 0 Å². The third kappa shape index (κ3) is 52.6. The van der Waals surface area contributed by atoms with Crippen LogP contribution in [0.2, 0.25) is 0 Å². The van der Waals surface area contributed by atoms with Crippen LogP contribution < -0.4 is 0 Å². The van der Waals surface area contributed by atoms with Crippen molar-refractivity contribution in [2.75, 3.05) is 13.2 Å². The second kappa shape index (κ2) is 55.2. The van der Waals surface area contributed by atoms with Gasteiger partial charge in [0.15, 0.2) is 6.10 Å². The van der Waals surface area contributed by atoms with Gasteiger partial charge in [0, 0.05) is 19.3 Å². The molecule has 386 valence electrons. The molecule has 1 atom stereocenters. The van der Waals surface area contributed by atoms with Gasteiger partial charge in [-0.05, 0) is 77.0 Å². The first-order chi connectivity index (χ1) is 32.5. The third-order valence-electron chi connectivity index (χ3n) is 12.9. The fourth-order valence-electron chi connectivity index (χ4n) is 8.47. The Kier molecular flexibility index (Phi) is 53.2. The molecule has 0 radical (unpaired) electrons. The first kappa shape index (κ1) is 63.6. The molecule has 6 nitrogen and oxygen atoms in total. The largest absolute Gasteiger partial charge is 0.462 e. The van der Waals surface area contributed by atoms with Gasteiger partial charge in [0.25, 0.3) is 0 Å². The molecule has 1 unspecified atom stereocenters. The Morgan fingerprint density at radius 3 is 0.848 bits per heavy atom. The van der Waals surface area contributed by atoms with Crippen LogP contribution in [-0.4, -0.2) is 37.2 Å². The summed E-state index contributed by atoms with van der Waals surface area (Å²) in [6.07, 6.45) is 65.6. The molecule has 0 saturated heterocycles.